The van der Waals surface area contributed by atoms with Crippen LogP contribution in [0, 0.1) is 0 Å². The Labute approximate surface area is 119 Å². The molecule has 1 aliphatic heterocycles. The Hall–Kier alpha value is -1.75. The number of fused-ring (bicyclic) bond motifs is 1. The quantitative estimate of drug-likeness (QED) is 0.800. The zero-order valence-electron chi connectivity index (χ0n) is 11.8. The number of nitrogens with one attached hydrogen (secondary N) is 1. The molecule has 3 N–H and O–H groups in total. The van der Waals surface area contributed by atoms with E-state index in [4.69, 9.17) is 10.5 Å². The minimum atomic E-state index is -0.0810. The number of morpholine rings is 1. The molecule has 108 valence electrons. The van der Waals surface area contributed by atoms with Crippen LogP contribution in [0.2, 0.25) is 0 Å². The second kappa shape index (κ2) is 5.32. The van der Waals surface area contributed by atoms with Gasteiger partial charge in [0.25, 0.3) is 5.91 Å². The van der Waals surface area contributed by atoms with Crippen molar-refractivity contribution in [1.29, 1.82) is 0 Å². The van der Waals surface area contributed by atoms with E-state index in [1.807, 2.05) is 12.1 Å². The number of hydrogen-bond donors (Lipinski definition) is 2. The molecule has 0 aromatic heterocycles. The van der Waals surface area contributed by atoms with Crippen LogP contribution < -0.4 is 16.0 Å². The summed E-state index contributed by atoms with van der Waals surface area (Å²) in [7, 11) is 1.64. The van der Waals surface area contributed by atoms with Crippen molar-refractivity contribution in [1.82, 2.24) is 5.32 Å². The van der Waals surface area contributed by atoms with E-state index >= 15 is 0 Å². The molecule has 0 radical (unpaired) electrons. The van der Waals surface area contributed by atoms with Crippen LogP contribution in [0.15, 0.2) is 18.2 Å². The molecule has 1 aromatic rings. The third kappa shape index (κ3) is 2.22. The number of carbonyl (C=O) groups is 1. The van der Waals surface area contributed by atoms with E-state index in [9.17, 15) is 4.79 Å². The summed E-state index contributed by atoms with van der Waals surface area (Å²) in [5.74, 6) is -0.0810. The van der Waals surface area contributed by atoms with Gasteiger partial charge in [-0.1, -0.05) is 0 Å². The van der Waals surface area contributed by atoms with Gasteiger partial charge < -0.3 is 20.7 Å². The Kier molecular flexibility index (Phi) is 3.53. The molecule has 1 heterocycles. The first-order chi connectivity index (χ1) is 9.70. The predicted molar refractivity (Wildman–Crippen MR) is 79.0 cm³/mol. The van der Waals surface area contributed by atoms with Crippen LogP contribution in [0.4, 0.5) is 11.4 Å². The third-order valence-corrected chi connectivity index (χ3v) is 4.31. The van der Waals surface area contributed by atoms with Crippen molar-refractivity contribution >= 4 is 17.3 Å². The number of carbonyl (C=O) groups excluding carboxylic acids is 1. The number of nitrogens with zero attached hydrogens (tertiary/aromatic N) is 1. The van der Waals surface area contributed by atoms with Gasteiger partial charge in [0, 0.05) is 19.2 Å². The van der Waals surface area contributed by atoms with Crippen LogP contribution in [0.25, 0.3) is 0 Å². The standard InChI is InChI=1S/C15H21N3O2/c1-17-15(19)10-5-6-11(16)13(9-10)18-7-8-20-14-4-2-3-12(14)18/h5-6,9,12,14H,2-4,7-8,16H2,1H3,(H,17,19). The molecule has 5 nitrogen and oxygen atoms in total. The van der Waals surface area contributed by atoms with Gasteiger partial charge in [0.05, 0.1) is 30.1 Å². The fourth-order valence-electron chi connectivity index (χ4n) is 3.30. The van der Waals surface area contributed by atoms with E-state index < -0.39 is 0 Å². The topological polar surface area (TPSA) is 67.6 Å². The molecular formula is C15H21N3O2. The maximum absolute atomic E-state index is 11.8. The molecule has 1 saturated heterocycles. The average molecular weight is 275 g/mol. The molecular weight excluding hydrogens is 254 g/mol. The lowest BCUT2D eigenvalue weighted by molar-refractivity contribution is 0.0257. The number of amides is 1. The number of anilines is 2. The first-order valence-electron chi connectivity index (χ1n) is 7.20. The molecule has 3 rings (SSSR count). The molecule has 5 heteroatoms. The van der Waals surface area contributed by atoms with E-state index in [0.29, 0.717) is 17.7 Å². The summed E-state index contributed by atoms with van der Waals surface area (Å²) in [5.41, 5.74) is 8.47. The molecule has 2 unspecified atom stereocenters. The van der Waals surface area contributed by atoms with Crippen molar-refractivity contribution in [3.63, 3.8) is 0 Å². The van der Waals surface area contributed by atoms with Crippen molar-refractivity contribution in [2.24, 2.45) is 0 Å². The number of ether oxygens (including phenoxy) is 1. The number of hydrogen-bond acceptors (Lipinski definition) is 4. The zero-order valence-corrected chi connectivity index (χ0v) is 11.8. The highest BCUT2D eigenvalue weighted by Crippen LogP contribution is 2.36. The second-order valence-corrected chi connectivity index (χ2v) is 5.45. The van der Waals surface area contributed by atoms with E-state index in [2.05, 4.69) is 10.2 Å². The molecule has 1 amide bonds. The summed E-state index contributed by atoms with van der Waals surface area (Å²) in [5, 5.41) is 2.65. The number of nitrogen functional groups attached to an aromatic ring is 1. The van der Waals surface area contributed by atoms with Crippen molar-refractivity contribution < 1.29 is 9.53 Å². The van der Waals surface area contributed by atoms with E-state index in [1.165, 1.54) is 6.42 Å². The Bertz CT molecular complexity index is 518. The van der Waals surface area contributed by atoms with Gasteiger partial charge >= 0.3 is 0 Å². The molecule has 2 fully saturated rings. The molecule has 1 aliphatic carbocycles. The van der Waals surface area contributed by atoms with Crippen molar-refractivity contribution in [3.05, 3.63) is 23.8 Å². The van der Waals surface area contributed by atoms with Crippen LogP contribution in [-0.2, 0) is 4.74 Å². The summed E-state index contributed by atoms with van der Waals surface area (Å²) in [6, 6.07) is 5.88. The molecule has 0 spiro atoms. The van der Waals surface area contributed by atoms with Gasteiger partial charge in [0.15, 0.2) is 0 Å². The maximum Gasteiger partial charge on any atom is 0.251 e. The van der Waals surface area contributed by atoms with Gasteiger partial charge in [-0.15, -0.1) is 0 Å². The lowest BCUT2D eigenvalue weighted by Gasteiger charge is -2.40. The highest BCUT2D eigenvalue weighted by molar-refractivity contribution is 5.96. The predicted octanol–water partition coefficient (Wildman–Crippen LogP) is 1.39. The van der Waals surface area contributed by atoms with Gasteiger partial charge in [0.1, 0.15) is 0 Å². The maximum atomic E-state index is 11.8. The van der Waals surface area contributed by atoms with Crippen molar-refractivity contribution in [2.75, 3.05) is 30.8 Å². The first kappa shape index (κ1) is 13.2. The number of rotatable bonds is 2. The van der Waals surface area contributed by atoms with Gasteiger partial charge in [-0.2, -0.15) is 0 Å². The van der Waals surface area contributed by atoms with Gasteiger partial charge in [-0.05, 0) is 37.5 Å². The van der Waals surface area contributed by atoms with Crippen LogP contribution in [0.1, 0.15) is 29.6 Å². The fourth-order valence-corrected chi connectivity index (χ4v) is 3.30. The van der Waals surface area contributed by atoms with Gasteiger partial charge in [-0.25, -0.2) is 0 Å². The van der Waals surface area contributed by atoms with E-state index in [1.54, 1.807) is 13.1 Å². The minimum Gasteiger partial charge on any atom is -0.397 e. The summed E-state index contributed by atoms with van der Waals surface area (Å²) < 4.78 is 5.83. The summed E-state index contributed by atoms with van der Waals surface area (Å²) in [6.45, 7) is 1.56. The van der Waals surface area contributed by atoms with Crippen molar-refractivity contribution in [3.8, 4) is 0 Å². The van der Waals surface area contributed by atoms with Crippen LogP contribution in [0.3, 0.4) is 0 Å². The third-order valence-electron chi connectivity index (χ3n) is 4.31. The monoisotopic (exact) mass is 275 g/mol. The van der Waals surface area contributed by atoms with E-state index in [0.717, 1.165) is 37.4 Å². The molecule has 2 aliphatic rings. The zero-order chi connectivity index (χ0) is 14.1. The largest absolute Gasteiger partial charge is 0.397 e. The highest BCUT2D eigenvalue weighted by atomic mass is 16.5. The molecule has 1 saturated carbocycles. The average Bonchev–Trinajstić information content (AvgIpc) is 2.95. The Balaban J connectivity index is 1.93. The Morgan fingerprint density at radius 1 is 1.45 bits per heavy atom. The highest BCUT2D eigenvalue weighted by Gasteiger charge is 2.36. The Morgan fingerprint density at radius 3 is 3.10 bits per heavy atom. The lowest BCUT2D eigenvalue weighted by atomic mass is 10.1. The number of benzene rings is 1. The lowest BCUT2D eigenvalue weighted by Crippen LogP contribution is -2.49. The first-order valence-corrected chi connectivity index (χ1v) is 7.20. The number of nitrogens with two attached hydrogens (primary N) is 1. The smallest absolute Gasteiger partial charge is 0.251 e. The van der Waals surface area contributed by atoms with Crippen LogP contribution in [0.5, 0.6) is 0 Å². The van der Waals surface area contributed by atoms with Crippen LogP contribution >= 0.6 is 0 Å². The molecule has 20 heavy (non-hydrogen) atoms. The Morgan fingerprint density at radius 2 is 2.30 bits per heavy atom. The summed E-state index contributed by atoms with van der Waals surface area (Å²) in [4.78, 5) is 14.1. The molecule has 2 atom stereocenters. The normalized spacial score (nSPS) is 25.4. The van der Waals surface area contributed by atoms with Gasteiger partial charge in [-0.3, -0.25) is 4.79 Å². The van der Waals surface area contributed by atoms with Crippen molar-refractivity contribution in [2.45, 2.75) is 31.4 Å². The van der Waals surface area contributed by atoms with Crippen LogP contribution in [-0.4, -0.2) is 38.3 Å². The molecule has 0 bridgehead atoms. The second-order valence-electron chi connectivity index (χ2n) is 5.45. The minimum absolute atomic E-state index is 0.0810. The summed E-state index contributed by atoms with van der Waals surface area (Å²) in [6.07, 6.45) is 3.76. The van der Waals surface area contributed by atoms with Gasteiger partial charge in [0.2, 0.25) is 0 Å². The SMILES string of the molecule is CNC(=O)c1ccc(N)c(N2CCOC3CCCC32)c1. The summed E-state index contributed by atoms with van der Waals surface area (Å²) >= 11 is 0. The van der Waals surface area contributed by atoms with E-state index in [-0.39, 0.29) is 5.91 Å². The fraction of sp³-hybridized carbons (Fsp3) is 0.533. The molecule has 1 aromatic carbocycles.